The summed E-state index contributed by atoms with van der Waals surface area (Å²) in [5, 5.41) is 18.5. The van der Waals surface area contributed by atoms with E-state index in [1.54, 1.807) is 0 Å². The van der Waals surface area contributed by atoms with Gasteiger partial charge in [-0.25, -0.2) is 0 Å². The normalized spacial score (nSPS) is 37.2. The van der Waals surface area contributed by atoms with Crippen molar-refractivity contribution >= 4 is 0 Å². The first-order valence-electron chi connectivity index (χ1n) is 4.25. The summed E-state index contributed by atoms with van der Waals surface area (Å²) in [6.45, 7) is 7.54. The van der Waals surface area contributed by atoms with Crippen LogP contribution in [0.3, 0.4) is 0 Å². The fraction of sp³-hybridized carbons (Fsp3) is 0.889. The standard InChI is InChI=1S/C9H17O3/c1-9(2,3)4-7-8(11)6(10)5-12-7/h5-8,10-11H,4H2,1-3H3/t6-,7+,8-/m1/s1. The highest BCUT2D eigenvalue weighted by Crippen LogP contribution is 2.29. The van der Waals surface area contributed by atoms with Crippen LogP contribution in [0.1, 0.15) is 27.2 Å². The first-order chi connectivity index (χ1) is 5.40. The first kappa shape index (κ1) is 9.96. The lowest BCUT2D eigenvalue weighted by molar-refractivity contribution is 0.00571. The van der Waals surface area contributed by atoms with E-state index in [1.165, 1.54) is 6.61 Å². The Morgan fingerprint density at radius 3 is 2.25 bits per heavy atom. The maximum atomic E-state index is 9.41. The molecule has 1 radical (unpaired) electrons. The molecular weight excluding hydrogens is 156 g/mol. The second kappa shape index (κ2) is 3.32. The Bertz CT molecular complexity index is 150. The van der Waals surface area contributed by atoms with Gasteiger partial charge in [0, 0.05) is 0 Å². The lowest BCUT2D eigenvalue weighted by Gasteiger charge is -2.24. The molecule has 0 aromatic carbocycles. The molecule has 1 heterocycles. The monoisotopic (exact) mass is 173 g/mol. The van der Waals surface area contributed by atoms with Crippen LogP contribution in [-0.2, 0) is 4.74 Å². The average Bonchev–Trinajstić information content (AvgIpc) is 2.16. The van der Waals surface area contributed by atoms with Crippen LogP contribution in [0, 0.1) is 12.0 Å². The molecule has 3 atom stereocenters. The zero-order valence-corrected chi connectivity index (χ0v) is 7.82. The zero-order valence-electron chi connectivity index (χ0n) is 7.82. The molecule has 0 unspecified atom stereocenters. The van der Waals surface area contributed by atoms with Gasteiger partial charge in [0.05, 0.1) is 6.10 Å². The van der Waals surface area contributed by atoms with Gasteiger partial charge in [-0.3, -0.25) is 0 Å². The molecule has 2 N–H and O–H groups in total. The molecule has 1 aliphatic rings. The molecular formula is C9H17O3. The highest BCUT2D eigenvalue weighted by Gasteiger charge is 2.37. The molecule has 0 amide bonds. The molecule has 71 valence electrons. The number of ether oxygens (including phenoxy) is 1. The van der Waals surface area contributed by atoms with E-state index in [9.17, 15) is 5.11 Å². The molecule has 12 heavy (non-hydrogen) atoms. The van der Waals surface area contributed by atoms with Gasteiger partial charge in [-0.15, -0.1) is 0 Å². The number of aliphatic hydroxyl groups excluding tert-OH is 2. The SMILES string of the molecule is CC(C)(C)C[C@@H]1O[CH][C@@H](O)[C@H]1O. The van der Waals surface area contributed by atoms with E-state index >= 15 is 0 Å². The molecule has 1 saturated heterocycles. The quantitative estimate of drug-likeness (QED) is 0.614. The lowest BCUT2D eigenvalue weighted by atomic mass is 9.87. The topological polar surface area (TPSA) is 49.7 Å². The number of rotatable bonds is 1. The minimum Gasteiger partial charge on any atom is -0.388 e. The third kappa shape index (κ3) is 2.44. The van der Waals surface area contributed by atoms with Gasteiger partial charge in [-0.1, -0.05) is 20.8 Å². The van der Waals surface area contributed by atoms with Crippen LogP contribution >= 0.6 is 0 Å². The fourth-order valence-electron chi connectivity index (χ4n) is 1.33. The van der Waals surface area contributed by atoms with Crippen molar-refractivity contribution in [1.29, 1.82) is 0 Å². The molecule has 3 heteroatoms. The minimum absolute atomic E-state index is 0.115. The lowest BCUT2D eigenvalue weighted by Crippen LogP contribution is -2.32. The maximum absolute atomic E-state index is 9.41. The van der Waals surface area contributed by atoms with E-state index in [-0.39, 0.29) is 11.5 Å². The smallest absolute Gasteiger partial charge is 0.115 e. The van der Waals surface area contributed by atoms with Crippen molar-refractivity contribution in [2.24, 2.45) is 5.41 Å². The van der Waals surface area contributed by atoms with Gasteiger partial charge in [0.1, 0.15) is 18.8 Å². The molecule has 0 saturated carbocycles. The van der Waals surface area contributed by atoms with Crippen molar-refractivity contribution in [3.63, 3.8) is 0 Å². The Labute approximate surface area is 73.4 Å². The van der Waals surface area contributed by atoms with E-state index in [0.717, 1.165) is 6.42 Å². The number of aliphatic hydroxyl groups is 2. The molecule has 0 spiro atoms. The average molecular weight is 173 g/mol. The maximum Gasteiger partial charge on any atom is 0.115 e. The van der Waals surface area contributed by atoms with Crippen molar-refractivity contribution in [3.05, 3.63) is 6.61 Å². The summed E-state index contributed by atoms with van der Waals surface area (Å²) in [4.78, 5) is 0. The van der Waals surface area contributed by atoms with Gasteiger partial charge in [0.15, 0.2) is 0 Å². The summed E-state index contributed by atoms with van der Waals surface area (Å²) < 4.78 is 5.13. The van der Waals surface area contributed by atoms with E-state index < -0.39 is 12.2 Å². The molecule has 1 fully saturated rings. The summed E-state index contributed by atoms with van der Waals surface area (Å²) in [7, 11) is 0. The Morgan fingerprint density at radius 2 is 1.92 bits per heavy atom. The summed E-state index contributed by atoms with van der Waals surface area (Å²) in [5.41, 5.74) is 0.115. The van der Waals surface area contributed by atoms with Crippen LogP contribution in [0.2, 0.25) is 0 Å². The van der Waals surface area contributed by atoms with Crippen molar-refractivity contribution in [1.82, 2.24) is 0 Å². The van der Waals surface area contributed by atoms with Crippen LogP contribution < -0.4 is 0 Å². The van der Waals surface area contributed by atoms with Crippen molar-refractivity contribution in [3.8, 4) is 0 Å². The molecule has 3 nitrogen and oxygen atoms in total. The second-order valence-electron chi connectivity index (χ2n) is 4.56. The number of hydrogen-bond acceptors (Lipinski definition) is 3. The van der Waals surface area contributed by atoms with E-state index in [2.05, 4.69) is 20.8 Å². The number of hydrogen-bond donors (Lipinski definition) is 2. The molecule has 0 bridgehead atoms. The predicted octanol–water partition coefficient (Wildman–Crippen LogP) is 0.705. The third-order valence-corrected chi connectivity index (χ3v) is 1.94. The third-order valence-electron chi connectivity index (χ3n) is 1.94. The second-order valence-corrected chi connectivity index (χ2v) is 4.56. The molecule has 0 aromatic rings. The highest BCUT2D eigenvalue weighted by atomic mass is 16.5. The van der Waals surface area contributed by atoms with Crippen LogP contribution in [-0.4, -0.2) is 28.5 Å². The predicted molar refractivity (Wildman–Crippen MR) is 45.3 cm³/mol. The van der Waals surface area contributed by atoms with E-state index in [0.29, 0.717) is 0 Å². The highest BCUT2D eigenvalue weighted by molar-refractivity contribution is 4.91. The molecule has 0 aromatic heterocycles. The van der Waals surface area contributed by atoms with Gasteiger partial charge < -0.3 is 14.9 Å². The van der Waals surface area contributed by atoms with Gasteiger partial charge in [-0.05, 0) is 11.8 Å². The summed E-state index contributed by atoms with van der Waals surface area (Å²) >= 11 is 0. The van der Waals surface area contributed by atoms with Crippen LogP contribution in [0.25, 0.3) is 0 Å². The molecule has 1 rings (SSSR count). The van der Waals surface area contributed by atoms with Gasteiger partial charge in [0.25, 0.3) is 0 Å². The van der Waals surface area contributed by atoms with Crippen molar-refractivity contribution in [2.45, 2.75) is 45.5 Å². The van der Waals surface area contributed by atoms with E-state index in [4.69, 9.17) is 9.84 Å². The Balaban J connectivity index is 2.44. The largest absolute Gasteiger partial charge is 0.388 e. The minimum atomic E-state index is -0.822. The summed E-state index contributed by atoms with van der Waals surface area (Å²) in [6, 6.07) is 0. The van der Waals surface area contributed by atoms with Crippen molar-refractivity contribution < 1.29 is 14.9 Å². The van der Waals surface area contributed by atoms with Crippen LogP contribution in [0.15, 0.2) is 0 Å². The van der Waals surface area contributed by atoms with Gasteiger partial charge >= 0.3 is 0 Å². The van der Waals surface area contributed by atoms with Gasteiger partial charge in [-0.2, -0.15) is 0 Å². The first-order valence-corrected chi connectivity index (χ1v) is 4.25. The Kier molecular flexibility index (Phi) is 2.76. The Morgan fingerprint density at radius 1 is 1.33 bits per heavy atom. The Hall–Kier alpha value is -0.120. The molecule has 0 aliphatic carbocycles. The van der Waals surface area contributed by atoms with Crippen LogP contribution in [0.5, 0.6) is 0 Å². The van der Waals surface area contributed by atoms with Crippen LogP contribution in [0.4, 0.5) is 0 Å². The molecule has 1 aliphatic heterocycles. The summed E-state index contributed by atoms with van der Waals surface area (Å²) in [5.74, 6) is 0. The van der Waals surface area contributed by atoms with Gasteiger partial charge in [0.2, 0.25) is 0 Å². The van der Waals surface area contributed by atoms with E-state index in [1.807, 2.05) is 0 Å². The fourth-order valence-corrected chi connectivity index (χ4v) is 1.33. The van der Waals surface area contributed by atoms with Crippen molar-refractivity contribution in [2.75, 3.05) is 0 Å². The zero-order chi connectivity index (χ0) is 9.35. The summed E-state index contributed by atoms with van der Waals surface area (Å²) in [6.07, 6.45) is -1.08.